The van der Waals surface area contributed by atoms with E-state index in [1.807, 2.05) is 0 Å². The van der Waals surface area contributed by atoms with Crippen LogP contribution in [0.2, 0.25) is 10.0 Å². The number of nitrogens with zero attached hydrogens (tertiary/aromatic N) is 3. The molecular formula is C13H14Cl2N4O2. The molecule has 1 atom stereocenters. The van der Waals surface area contributed by atoms with E-state index < -0.39 is 6.04 Å². The van der Waals surface area contributed by atoms with Crippen molar-refractivity contribution in [3.63, 3.8) is 0 Å². The van der Waals surface area contributed by atoms with Gasteiger partial charge in [0, 0.05) is 0 Å². The van der Waals surface area contributed by atoms with E-state index in [2.05, 4.69) is 15.4 Å². The summed E-state index contributed by atoms with van der Waals surface area (Å²) in [5, 5.41) is 7.45. The average molecular weight is 329 g/mol. The molecule has 1 heterocycles. The van der Waals surface area contributed by atoms with Gasteiger partial charge >= 0.3 is 0 Å². The van der Waals surface area contributed by atoms with Gasteiger partial charge in [-0.05, 0) is 19.1 Å². The van der Waals surface area contributed by atoms with Gasteiger partial charge in [-0.1, -0.05) is 29.3 Å². The van der Waals surface area contributed by atoms with Crippen molar-refractivity contribution in [3.8, 4) is 5.75 Å². The van der Waals surface area contributed by atoms with Gasteiger partial charge in [-0.2, -0.15) is 5.10 Å². The van der Waals surface area contributed by atoms with E-state index in [9.17, 15) is 4.79 Å². The van der Waals surface area contributed by atoms with Crippen LogP contribution in [0.5, 0.6) is 5.75 Å². The first-order valence-electron chi connectivity index (χ1n) is 6.28. The predicted molar refractivity (Wildman–Crippen MR) is 79.7 cm³/mol. The molecule has 112 valence electrons. The zero-order chi connectivity index (χ0) is 15.2. The monoisotopic (exact) mass is 328 g/mol. The van der Waals surface area contributed by atoms with Gasteiger partial charge in [0.05, 0.1) is 11.6 Å². The van der Waals surface area contributed by atoms with Gasteiger partial charge in [-0.3, -0.25) is 4.79 Å². The van der Waals surface area contributed by atoms with Crippen molar-refractivity contribution < 1.29 is 9.53 Å². The van der Waals surface area contributed by atoms with Gasteiger partial charge in [0.1, 0.15) is 36.1 Å². The number of ether oxygens (including phenoxy) is 1. The highest BCUT2D eigenvalue weighted by molar-refractivity contribution is 6.42. The lowest BCUT2D eigenvalue weighted by atomic mass is 10.3. The van der Waals surface area contributed by atoms with Gasteiger partial charge in [0.25, 0.3) is 0 Å². The van der Waals surface area contributed by atoms with Gasteiger partial charge in [0.15, 0.2) is 0 Å². The fourth-order valence-electron chi connectivity index (χ4n) is 1.62. The van der Waals surface area contributed by atoms with Crippen LogP contribution in [0.3, 0.4) is 0 Å². The number of aromatic nitrogens is 3. The molecular weight excluding hydrogens is 315 g/mol. The number of hydrogen-bond donors (Lipinski definition) is 1. The van der Waals surface area contributed by atoms with Crippen LogP contribution in [-0.4, -0.2) is 33.8 Å². The zero-order valence-corrected chi connectivity index (χ0v) is 12.8. The summed E-state index contributed by atoms with van der Waals surface area (Å²) in [7, 11) is 0. The van der Waals surface area contributed by atoms with Gasteiger partial charge in [-0.25, -0.2) is 9.67 Å². The van der Waals surface area contributed by atoms with Gasteiger partial charge in [0.2, 0.25) is 5.91 Å². The summed E-state index contributed by atoms with van der Waals surface area (Å²) in [6.45, 7) is 2.37. The Labute approximate surface area is 132 Å². The molecule has 8 heteroatoms. The highest BCUT2D eigenvalue weighted by Crippen LogP contribution is 2.31. The van der Waals surface area contributed by atoms with Crippen molar-refractivity contribution in [3.05, 3.63) is 40.9 Å². The molecule has 2 aromatic rings. The predicted octanol–water partition coefficient (Wildman–Crippen LogP) is 2.34. The minimum Gasteiger partial charge on any atom is -0.490 e. The molecule has 0 saturated carbocycles. The molecule has 0 radical (unpaired) electrons. The molecule has 6 nitrogen and oxygen atoms in total. The third-order valence-corrected chi connectivity index (χ3v) is 3.59. The van der Waals surface area contributed by atoms with Crippen LogP contribution in [0.4, 0.5) is 0 Å². The van der Waals surface area contributed by atoms with E-state index >= 15 is 0 Å². The number of rotatable bonds is 6. The maximum absolute atomic E-state index is 11.9. The maximum atomic E-state index is 11.9. The lowest BCUT2D eigenvalue weighted by Crippen LogP contribution is -2.34. The van der Waals surface area contributed by atoms with Crippen LogP contribution < -0.4 is 10.1 Å². The van der Waals surface area contributed by atoms with Crippen molar-refractivity contribution in [2.24, 2.45) is 0 Å². The van der Waals surface area contributed by atoms with Crippen LogP contribution in [0.15, 0.2) is 30.9 Å². The fourth-order valence-corrected chi connectivity index (χ4v) is 1.96. The Balaban J connectivity index is 1.77. The number of carbonyl (C=O) groups excluding carboxylic acids is 1. The molecule has 1 N–H and O–H groups in total. The first kappa shape index (κ1) is 15.6. The van der Waals surface area contributed by atoms with Gasteiger partial charge in [-0.15, -0.1) is 0 Å². The Kier molecular flexibility index (Phi) is 5.41. The van der Waals surface area contributed by atoms with Crippen molar-refractivity contribution in [2.75, 3.05) is 13.2 Å². The molecule has 0 bridgehead atoms. The Morgan fingerprint density at radius 3 is 3.00 bits per heavy atom. The topological polar surface area (TPSA) is 69.0 Å². The third kappa shape index (κ3) is 4.09. The number of benzene rings is 1. The van der Waals surface area contributed by atoms with E-state index in [-0.39, 0.29) is 12.5 Å². The van der Waals surface area contributed by atoms with Crippen LogP contribution >= 0.6 is 23.2 Å². The molecule has 1 amide bonds. The van der Waals surface area contributed by atoms with Crippen molar-refractivity contribution in [2.45, 2.75) is 13.0 Å². The quantitative estimate of drug-likeness (QED) is 0.826. The lowest BCUT2D eigenvalue weighted by Gasteiger charge is -2.13. The van der Waals surface area contributed by atoms with E-state index in [0.717, 1.165) is 0 Å². The first-order valence-corrected chi connectivity index (χ1v) is 7.04. The lowest BCUT2D eigenvalue weighted by molar-refractivity contribution is -0.124. The molecule has 1 aromatic carbocycles. The van der Waals surface area contributed by atoms with Crippen LogP contribution in [-0.2, 0) is 4.79 Å². The van der Waals surface area contributed by atoms with Crippen LogP contribution in [0.25, 0.3) is 0 Å². The molecule has 21 heavy (non-hydrogen) atoms. The summed E-state index contributed by atoms with van der Waals surface area (Å²) in [5.41, 5.74) is 0. The third-order valence-electron chi connectivity index (χ3n) is 2.79. The summed E-state index contributed by atoms with van der Waals surface area (Å²) in [6.07, 6.45) is 2.88. The standard InChI is InChI=1S/C13H14Cl2N4O2/c1-9(19-8-16-7-18-19)13(20)17-5-6-21-11-4-2-3-10(14)12(11)15/h2-4,7-9H,5-6H2,1H3,(H,17,20)/t9-/m1/s1. The van der Waals surface area contributed by atoms with Crippen LogP contribution in [0, 0.1) is 0 Å². The van der Waals surface area contributed by atoms with E-state index in [4.69, 9.17) is 27.9 Å². The van der Waals surface area contributed by atoms with Crippen molar-refractivity contribution in [1.29, 1.82) is 0 Å². The summed E-state index contributed by atoms with van der Waals surface area (Å²) in [4.78, 5) is 15.7. The normalized spacial score (nSPS) is 12.0. The maximum Gasteiger partial charge on any atom is 0.244 e. The summed E-state index contributed by atoms with van der Waals surface area (Å²) < 4.78 is 6.95. The number of halogens is 2. The summed E-state index contributed by atoms with van der Waals surface area (Å²) >= 11 is 11.9. The Morgan fingerprint density at radius 2 is 2.29 bits per heavy atom. The Bertz CT molecular complexity index is 604. The SMILES string of the molecule is C[C@H](C(=O)NCCOc1cccc(Cl)c1Cl)n1cncn1. The highest BCUT2D eigenvalue weighted by Gasteiger charge is 2.14. The Morgan fingerprint density at radius 1 is 1.48 bits per heavy atom. The molecule has 1 aromatic heterocycles. The molecule has 0 saturated heterocycles. The van der Waals surface area contributed by atoms with Crippen LogP contribution in [0.1, 0.15) is 13.0 Å². The largest absolute Gasteiger partial charge is 0.490 e. The van der Waals surface area contributed by atoms with Gasteiger partial charge < -0.3 is 10.1 Å². The van der Waals surface area contributed by atoms with Crippen molar-refractivity contribution in [1.82, 2.24) is 20.1 Å². The molecule has 2 rings (SSSR count). The molecule has 0 spiro atoms. The highest BCUT2D eigenvalue weighted by atomic mass is 35.5. The smallest absolute Gasteiger partial charge is 0.244 e. The molecule has 0 fully saturated rings. The molecule has 0 aliphatic carbocycles. The summed E-state index contributed by atoms with van der Waals surface area (Å²) in [6, 6.07) is 4.71. The zero-order valence-electron chi connectivity index (χ0n) is 11.3. The van der Waals surface area contributed by atoms with E-state index in [1.54, 1.807) is 25.1 Å². The number of carbonyl (C=O) groups is 1. The average Bonchev–Trinajstić information content (AvgIpc) is 3.01. The second kappa shape index (κ2) is 7.28. The second-order valence-electron chi connectivity index (χ2n) is 4.24. The van der Waals surface area contributed by atoms with Crippen molar-refractivity contribution >= 4 is 29.1 Å². The minimum absolute atomic E-state index is 0.165. The second-order valence-corrected chi connectivity index (χ2v) is 5.03. The Hall–Kier alpha value is -1.79. The first-order chi connectivity index (χ1) is 10.1. The number of hydrogen-bond acceptors (Lipinski definition) is 4. The minimum atomic E-state index is -0.428. The molecule has 0 unspecified atom stereocenters. The number of amides is 1. The molecule has 0 aliphatic rings. The van der Waals surface area contributed by atoms with E-state index in [0.29, 0.717) is 22.3 Å². The summed E-state index contributed by atoms with van der Waals surface area (Å²) in [5.74, 6) is 0.323. The fraction of sp³-hybridized carbons (Fsp3) is 0.308. The van der Waals surface area contributed by atoms with E-state index in [1.165, 1.54) is 17.3 Å². The molecule has 0 aliphatic heterocycles. The number of nitrogens with one attached hydrogen (secondary N) is 1.